The minimum Gasteiger partial charge on any atom is -0.349 e. The van der Waals surface area contributed by atoms with Crippen LogP contribution in [0.4, 0.5) is 0 Å². The number of nitriles is 1. The van der Waals surface area contributed by atoms with Crippen molar-refractivity contribution >= 4 is 23.3 Å². The van der Waals surface area contributed by atoms with Gasteiger partial charge in [-0.2, -0.15) is 5.26 Å². The van der Waals surface area contributed by atoms with Crippen LogP contribution in [-0.2, 0) is 17.9 Å². The molecule has 0 fully saturated rings. The molecule has 0 bridgehead atoms. The molecule has 132 valence electrons. The number of thiophene rings is 1. The minimum atomic E-state index is -0.210. The number of rotatable bonds is 7. The van der Waals surface area contributed by atoms with Gasteiger partial charge in [0.15, 0.2) is 0 Å². The first-order valence-corrected chi connectivity index (χ1v) is 9.49. The molecule has 25 heavy (non-hydrogen) atoms. The van der Waals surface area contributed by atoms with Gasteiger partial charge >= 0.3 is 0 Å². The van der Waals surface area contributed by atoms with E-state index >= 15 is 0 Å². The molecule has 1 amide bonds. The van der Waals surface area contributed by atoms with E-state index in [1.54, 1.807) is 22.3 Å². The molecule has 2 aromatic rings. The summed E-state index contributed by atoms with van der Waals surface area (Å²) in [6, 6.07) is 8.13. The van der Waals surface area contributed by atoms with E-state index in [4.69, 9.17) is 0 Å². The Hall–Kier alpha value is -2.32. The van der Waals surface area contributed by atoms with Gasteiger partial charge in [-0.3, -0.25) is 4.79 Å². The van der Waals surface area contributed by atoms with Crippen LogP contribution >= 0.6 is 11.3 Å². The van der Waals surface area contributed by atoms with Crippen LogP contribution in [-0.4, -0.2) is 21.9 Å². The molecule has 0 aliphatic carbocycles. The molecule has 4 nitrogen and oxygen atoms in total. The van der Waals surface area contributed by atoms with Crippen LogP contribution in [0.2, 0.25) is 0 Å². The van der Waals surface area contributed by atoms with Gasteiger partial charge in [0.05, 0.1) is 6.54 Å². The Labute approximate surface area is 154 Å². The summed E-state index contributed by atoms with van der Waals surface area (Å²) in [5.41, 5.74) is 3.39. The van der Waals surface area contributed by atoms with Crippen LogP contribution in [0.3, 0.4) is 0 Å². The van der Waals surface area contributed by atoms with Gasteiger partial charge in [0.1, 0.15) is 11.6 Å². The SMILES string of the molecule is CCCn1c(C)cc(C=C(C#N)C(=O)N(CC)Cc2cccs2)c1C. The minimum absolute atomic E-state index is 0.190. The summed E-state index contributed by atoms with van der Waals surface area (Å²) in [7, 11) is 0. The fraction of sp³-hybridized carbons (Fsp3) is 0.400. The van der Waals surface area contributed by atoms with Crippen LogP contribution in [0.1, 0.15) is 42.1 Å². The maximum absolute atomic E-state index is 12.8. The average molecular weight is 356 g/mol. The number of amides is 1. The first-order chi connectivity index (χ1) is 12.0. The zero-order valence-corrected chi connectivity index (χ0v) is 16.2. The highest BCUT2D eigenvalue weighted by atomic mass is 32.1. The quantitative estimate of drug-likeness (QED) is 0.541. The second-order valence-corrected chi connectivity index (χ2v) is 7.08. The van der Waals surface area contributed by atoms with Crippen molar-refractivity contribution in [2.45, 2.75) is 47.2 Å². The Bertz CT molecular complexity index is 794. The second-order valence-electron chi connectivity index (χ2n) is 6.05. The molecule has 0 atom stereocenters. The molecule has 2 aromatic heterocycles. The standard InChI is InChI=1S/C20H25N3OS/c1-5-9-23-15(3)11-17(16(23)4)12-18(13-21)20(24)22(6-2)14-19-8-7-10-25-19/h7-8,10-12H,5-6,9,14H2,1-4H3. The molecule has 0 saturated heterocycles. The van der Waals surface area contributed by atoms with E-state index in [-0.39, 0.29) is 11.5 Å². The van der Waals surface area contributed by atoms with E-state index in [9.17, 15) is 10.1 Å². The van der Waals surface area contributed by atoms with Gasteiger partial charge in [0.2, 0.25) is 0 Å². The van der Waals surface area contributed by atoms with Crippen molar-refractivity contribution in [1.82, 2.24) is 9.47 Å². The Morgan fingerprint density at radius 2 is 2.16 bits per heavy atom. The fourth-order valence-electron chi connectivity index (χ4n) is 2.93. The largest absolute Gasteiger partial charge is 0.349 e. The number of hydrogen-bond donors (Lipinski definition) is 0. The smallest absolute Gasteiger partial charge is 0.264 e. The molecule has 0 aromatic carbocycles. The zero-order chi connectivity index (χ0) is 18.4. The number of hydrogen-bond acceptors (Lipinski definition) is 3. The van der Waals surface area contributed by atoms with E-state index in [2.05, 4.69) is 24.5 Å². The maximum atomic E-state index is 12.8. The van der Waals surface area contributed by atoms with Crippen molar-refractivity contribution in [1.29, 1.82) is 5.26 Å². The van der Waals surface area contributed by atoms with Crippen molar-refractivity contribution in [3.8, 4) is 6.07 Å². The van der Waals surface area contributed by atoms with E-state index in [1.165, 1.54) is 0 Å². The summed E-state index contributed by atoms with van der Waals surface area (Å²) in [4.78, 5) is 15.6. The number of likely N-dealkylation sites (N-methyl/N-ethyl adjacent to an activating group) is 1. The van der Waals surface area contributed by atoms with Crippen LogP contribution in [0, 0.1) is 25.2 Å². The topological polar surface area (TPSA) is 49.0 Å². The van der Waals surface area contributed by atoms with Gasteiger partial charge < -0.3 is 9.47 Å². The summed E-state index contributed by atoms with van der Waals surface area (Å²) in [6.45, 7) is 10.2. The zero-order valence-electron chi connectivity index (χ0n) is 15.4. The highest BCUT2D eigenvalue weighted by Crippen LogP contribution is 2.20. The maximum Gasteiger partial charge on any atom is 0.264 e. The van der Waals surface area contributed by atoms with Crippen LogP contribution in [0.25, 0.3) is 6.08 Å². The molecule has 0 aliphatic rings. The van der Waals surface area contributed by atoms with Gasteiger partial charge in [-0.15, -0.1) is 11.3 Å². The number of carbonyl (C=O) groups excluding carboxylic acids is 1. The molecular weight excluding hydrogens is 330 g/mol. The molecule has 0 unspecified atom stereocenters. The number of carbonyl (C=O) groups is 1. The molecule has 5 heteroatoms. The lowest BCUT2D eigenvalue weighted by atomic mass is 10.1. The first kappa shape index (κ1) is 19.0. The van der Waals surface area contributed by atoms with E-state index < -0.39 is 0 Å². The lowest BCUT2D eigenvalue weighted by Gasteiger charge is -2.19. The van der Waals surface area contributed by atoms with Gasteiger partial charge in [-0.25, -0.2) is 0 Å². The summed E-state index contributed by atoms with van der Waals surface area (Å²) >= 11 is 1.62. The lowest BCUT2D eigenvalue weighted by molar-refractivity contribution is -0.127. The van der Waals surface area contributed by atoms with Crippen molar-refractivity contribution < 1.29 is 4.79 Å². The Balaban J connectivity index is 2.28. The molecule has 0 aliphatic heterocycles. The highest BCUT2D eigenvalue weighted by molar-refractivity contribution is 7.09. The molecule has 2 rings (SSSR count). The molecule has 0 saturated carbocycles. The van der Waals surface area contributed by atoms with Gasteiger partial charge in [0, 0.05) is 29.4 Å². The van der Waals surface area contributed by atoms with Gasteiger partial charge in [-0.1, -0.05) is 13.0 Å². The number of nitrogens with zero attached hydrogens (tertiary/aromatic N) is 3. The Morgan fingerprint density at radius 3 is 2.72 bits per heavy atom. The normalized spacial score (nSPS) is 11.4. The van der Waals surface area contributed by atoms with Crippen molar-refractivity contribution in [2.24, 2.45) is 0 Å². The van der Waals surface area contributed by atoms with E-state index in [0.29, 0.717) is 13.1 Å². The molecule has 0 spiro atoms. The van der Waals surface area contributed by atoms with Crippen LogP contribution < -0.4 is 0 Å². The summed E-state index contributed by atoms with van der Waals surface area (Å²) < 4.78 is 2.23. The summed E-state index contributed by atoms with van der Waals surface area (Å²) in [5.74, 6) is -0.210. The third-order valence-corrected chi connectivity index (χ3v) is 5.17. The van der Waals surface area contributed by atoms with Gasteiger partial charge in [-0.05, 0) is 56.3 Å². The summed E-state index contributed by atoms with van der Waals surface area (Å²) in [6.07, 6.45) is 2.78. The molecule has 2 heterocycles. The number of aromatic nitrogens is 1. The fourth-order valence-corrected chi connectivity index (χ4v) is 3.65. The number of aryl methyl sites for hydroxylation is 1. The van der Waals surface area contributed by atoms with E-state index in [1.807, 2.05) is 37.4 Å². The molecule has 0 radical (unpaired) electrons. The average Bonchev–Trinajstić information content (AvgIpc) is 3.21. The predicted octanol–water partition coefficient (Wildman–Crippen LogP) is 4.53. The Morgan fingerprint density at radius 1 is 1.40 bits per heavy atom. The van der Waals surface area contributed by atoms with Crippen molar-refractivity contribution in [3.63, 3.8) is 0 Å². The van der Waals surface area contributed by atoms with Gasteiger partial charge in [0.25, 0.3) is 5.91 Å². The molecule has 0 N–H and O–H groups in total. The monoisotopic (exact) mass is 355 g/mol. The van der Waals surface area contributed by atoms with Crippen LogP contribution in [0.5, 0.6) is 0 Å². The second kappa shape index (κ2) is 8.68. The van der Waals surface area contributed by atoms with Crippen molar-refractivity contribution in [2.75, 3.05) is 6.54 Å². The first-order valence-electron chi connectivity index (χ1n) is 8.61. The van der Waals surface area contributed by atoms with Crippen molar-refractivity contribution in [3.05, 3.63) is 51.0 Å². The third-order valence-electron chi connectivity index (χ3n) is 4.31. The predicted molar refractivity (Wildman–Crippen MR) is 103 cm³/mol. The van der Waals surface area contributed by atoms with E-state index in [0.717, 1.165) is 34.8 Å². The Kier molecular flexibility index (Phi) is 6.60. The summed E-state index contributed by atoms with van der Waals surface area (Å²) in [5, 5.41) is 11.5. The lowest BCUT2D eigenvalue weighted by Crippen LogP contribution is -2.30. The highest BCUT2D eigenvalue weighted by Gasteiger charge is 2.18. The van der Waals surface area contributed by atoms with Crippen LogP contribution in [0.15, 0.2) is 29.2 Å². The third kappa shape index (κ3) is 4.40. The molecular formula is C20H25N3OS.